The maximum Gasteiger partial charge on any atom is 0.418 e. The Morgan fingerprint density at radius 1 is 1.35 bits per heavy atom. The van der Waals surface area contributed by atoms with Crippen molar-refractivity contribution < 1.29 is 17.9 Å². The van der Waals surface area contributed by atoms with Crippen molar-refractivity contribution in [1.29, 1.82) is 0 Å². The molecule has 6 heteroatoms. The molecule has 0 aromatic heterocycles. The number of anilines is 1. The Morgan fingerprint density at radius 2 is 2.06 bits per heavy atom. The van der Waals surface area contributed by atoms with Crippen LogP contribution in [0.3, 0.4) is 0 Å². The molecule has 1 N–H and O–H groups in total. The molecule has 0 aliphatic heterocycles. The fourth-order valence-corrected chi connectivity index (χ4v) is 1.61. The maximum atomic E-state index is 12.7. The van der Waals surface area contributed by atoms with E-state index in [2.05, 4.69) is 5.32 Å². The Labute approximate surface area is 103 Å². The highest BCUT2D eigenvalue weighted by atomic mass is 35.5. The highest BCUT2D eigenvalue weighted by molar-refractivity contribution is 6.33. The fourth-order valence-electron chi connectivity index (χ4n) is 1.37. The molecule has 0 heterocycles. The van der Waals surface area contributed by atoms with Crippen molar-refractivity contribution >= 4 is 17.3 Å². The second-order valence-corrected chi connectivity index (χ2v) is 3.84. The number of benzene rings is 1. The van der Waals surface area contributed by atoms with Crippen molar-refractivity contribution in [2.45, 2.75) is 12.6 Å². The minimum absolute atomic E-state index is 0.0669. The molecule has 1 rings (SSSR count). The molecule has 0 atom stereocenters. The van der Waals surface area contributed by atoms with Crippen molar-refractivity contribution in [3.05, 3.63) is 28.8 Å². The first-order valence-corrected chi connectivity index (χ1v) is 5.43. The summed E-state index contributed by atoms with van der Waals surface area (Å²) >= 11 is 5.75. The van der Waals surface area contributed by atoms with Gasteiger partial charge in [0.15, 0.2) is 0 Å². The molecule has 0 spiro atoms. The monoisotopic (exact) mass is 267 g/mol. The van der Waals surface area contributed by atoms with E-state index in [1.165, 1.54) is 19.2 Å². The molecule has 2 nitrogen and oxygen atoms in total. The highest BCUT2D eigenvalue weighted by Crippen LogP contribution is 2.38. The third kappa shape index (κ3) is 4.09. The van der Waals surface area contributed by atoms with Crippen LogP contribution < -0.4 is 5.32 Å². The first-order valence-electron chi connectivity index (χ1n) is 5.05. The predicted octanol–water partition coefficient (Wildman–Crippen LogP) is 3.81. The molecule has 0 aliphatic carbocycles. The van der Waals surface area contributed by atoms with E-state index in [4.69, 9.17) is 16.3 Å². The zero-order chi connectivity index (χ0) is 12.9. The minimum Gasteiger partial charge on any atom is -0.385 e. The van der Waals surface area contributed by atoms with Crippen molar-refractivity contribution in [3.63, 3.8) is 0 Å². The molecule has 0 saturated heterocycles. The van der Waals surface area contributed by atoms with Gasteiger partial charge in [-0.1, -0.05) is 17.7 Å². The van der Waals surface area contributed by atoms with Crippen LogP contribution in [0.15, 0.2) is 18.2 Å². The van der Waals surface area contributed by atoms with Gasteiger partial charge in [-0.2, -0.15) is 13.2 Å². The largest absolute Gasteiger partial charge is 0.418 e. The Kier molecular flexibility index (Phi) is 5.08. The van der Waals surface area contributed by atoms with Crippen molar-refractivity contribution in [2.24, 2.45) is 0 Å². The average Bonchev–Trinajstić information content (AvgIpc) is 2.24. The van der Waals surface area contributed by atoms with Crippen molar-refractivity contribution in [2.75, 3.05) is 25.6 Å². The molecule has 0 unspecified atom stereocenters. The van der Waals surface area contributed by atoms with Gasteiger partial charge in [0.1, 0.15) is 0 Å². The smallest absolute Gasteiger partial charge is 0.385 e. The first kappa shape index (κ1) is 14.1. The zero-order valence-corrected chi connectivity index (χ0v) is 10.0. The van der Waals surface area contributed by atoms with Crippen LogP contribution in [0, 0.1) is 0 Å². The summed E-state index contributed by atoms with van der Waals surface area (Å²) in [5.41, 5.74) is -0.819. The van der Waals surface area contributed by atoms with Crippen molar-refractivity contribution in [1.82, 2.24) is 0 Å². The minimum atomic E-state index is -4.41. The molecule has 17 heavy (non-hydrogen) atoms. The Bertz CT molecular complexity index is 368. The summed E-state index contributed by atoms with van der Waals surface area (Å²) in [5.74, 6) is 0. The van der Waals surface area contributed by atoms with Gasteiger partial charge in [-0.3, -0.25) is 0 Å². The van der Waals surface area contributed by atoms with E-state index in [0.717, 1.165) is 6.07 Å². The summed E-state index contributed by atoms with van der Waals surface area (Å²) < 4.78 is 42.9. The van der Waals surface area contributed by atoms with Crippen LogP contribution in [-0.2, 0) is 10.9 Å². The Morgan fingerprint density at radius 3 is 2.65 bits per heavy atom. The van der Waals surface area contributed by atoms with E-state index in [-0.39, 0.29) is 10.7 Å². The summed E-state index contributed by atoms with van der Waals surface area (Å²) in [6.07, 6.45) is -3.80. The molecular weight excluding hydrogens is 255 g/mol. The maximum absolute atomic E-state index is 12.7. The first-order chi connectivity index (χ1) is 7.96. The van der Waals surface area contributed by atoms with E-state index in [1.54, 1.807) is 0 Å². The van der Waals surface area contributed by atoms with Crippen LogP contribution in [0.4, 0.5) is 18.9 Å². The van der Waals surface area contributed by atoms with E-state index in [1.807, 2.05) is 0 Å². The van der Waals surface area contributed by atoms with E-state index < -0.39 is 11.7 Å². The number of hydrogen-bond acceptors (Lipinski definition) is 2. The number of methoxy groups -OCH3 is 1. The van der Waals surface area contributed by atoms with Crippen LogP contribution >= 0.6 is 11.6 Å². The number of hydrogen-bond donors (Lipinski definition) is 1. The number of rotatable bonds is 5. The lowest BCUT2D eigenvalue weighted by molar-refractivity contribution is -0.136. The summed E-state index contributed by atoms with van der Waals surface area (Å²) in [4.78, 5) is 0. The van der Waals surface area contributed by atoms with Crippen LogP contribution in [0.5, 0.6) is 0 Å². The second-order valence-electron chi connectivity index (χ2n) is 3.43. The topological polar surface area (TPSA) is 21.3 Å². The number of halogens is 4. The van der Waals surface area contributed by atoms with Gasteiger partial charge in [0, 0.05) is 20.3 Å². The van der Waals surface area contributed by atoms with Crippen molar-refractivity contribution in [3.8, 4) is 0 Å². The van der Waals surface area contributed by atoms with Crippen LogP contribution in [0.1, 0.15) is 12.0 Å². The molecule has 1 aromatic carbocycles. The molecule has 0 bridgehead atoms. The van der Waals surface area contributed by atoms with Gasteiger partial charge < -0.3 is 10.1 Å². The Hall–Kier alpha value is -0.940. The molecule has 1 aromatic rings. The molecule has 0 radical (unpaired) electrons. The van der Waals surface area contributed by atoms with Gasteiger partial charge in [0.25, 0.3) is 0 Å². The third-order valence-corrected chi connectivity index (χ3v) is 2.46. The van der Waals surface area contributed by atoms with Crippen LogP contribution in [0.2, 0.25) is 5.02 Å². The van der Waals surface area contributed by atoms with E-state index in [0.29, 0.717) is 19.6 Å². The highest BCUT2D eigenvalue weighted by Gasteiger charge is 2.34. The average molecular weight is 268 g/mol. The summed E-state index contributed by atoms with van der Waals surface area (Å²) in [5, 5.41) is 2.76. The lowest BCUT2D eigenvalue weighted by Crippen LogP contribution is -2.12. The fraction of sp³-hybridized carbons (Fsp3) is 0.455. The molecule has 96 valence electrons. The molecule has 0 aliphatic rings. The molecule has 0 fully saturated rings. The van der Waals surface area contributed by atoms with E-state index >= 15 is 0 Å². The van der Waals surface area contributed by atoms with Gasteiger partial charge in [0.05, 0.1) is 16.3 Å². The Balaban J connectivity index is 2.81. The number of alkyl halides is 3. The van der Waals surface area contributed by atoms with Crippen LogP contribution in [-0.4, -0.2) is 20.3 Å². The molecule has 0 amide bonds. The lowest BCUT2D eigenvalue weighted by atomic mass is 10.1. The summed E-state index contributed by atoms with van der Waals surface area (Å²) in [6.45, 7) is 0.861. The third-order valence-electron chi connectivity index (χ3n) is 2.15. The zero-order valence-electron chi connectivity index (χ0n) is 9.27. The molecular formula is C11H13ClF3NO. The lowest BCUT2D eigenvalue weighted by Gasteiger charge is -2.15. The summed E-state index contributed by atoms with van der Waals surface area (Å²) in [7, 11) is 1.54. The van der Waals surface area contributed by atoms with Gasteiger partial charge >= 0.3 is 6.18 Å². The second kappa shape index (κ2) is 6.12. The van der Waals surface area contributed by atoms with Gasteiger partial charge in [0.2, 0.25) is 0 Å². The van der Waals surface area contributed by atoms with Gasteiger partial charge in [-0.25, -0.2) is 0 Å². The van der Waals surface area contributed by atoms with E-state index in [9.17, 15) is 13.2 Å². The normalized spacial score (nSPS) is 11.6. The van der Waals surface area contributed by atoms with Gasteiger partial charge in [-0.15, -0.1) is 0 Å². The number of para-hydroxylation sites is 1. The predicted molar refractivity (Wildman–Crippen MR) is 61.4 cm³/mol. The standard InChI is InChI=1S/C11H13ClF3NO/c1-17-7-3-6-16-10-8(11(13,14)15)4-2-5-9(10)12/h2,4-5,16H,3,6-7H2,1H3. The SMILES string of the molecule is COCCCNc1c(Cl)cccc1C(F)(F)F. The van der Waals surface area contributed by atoms with Gasteiger partial charge in [-0.05, 0) is 18.6 Å². The quantitative estimate of drug-likeness (QED) is 0.819. The van der Waals surface area contributed by atoms with Crippen LogP contribution in [0.25, 0.3) is 0 Å². The molecule has 0 saturated carbocycles. The number of ether oxygens (including phenoxy) is 1. The summed E-state index contributed by atoms with van der Waals surface area (Å²) in [6, 6.07) is 3.71. The number of nitrogens with one attached hydrogen (secondary N) is 1.